The predicted molar refractivity (Wildman–Crippen MR) is 444 cm³/mol. The Morgan fingerprint density at radius 2 is 0.843 bits per heavy atom. The second-order valence-electron chi connectivity index (χ2n) is 25.0. The zero-order valence-electron chi connectivity index (χ0n) is 68.8. The molecule has 10 nitrogen and oxygen atoms in total. The molecule has 8 aromatic carbocycles. The minimum absolute atomic E-state index is 0.0146. The lowest BCUT2D eigenvalue weighted by molar-refractivity contribution is -0.148. The highest BCUT2D eigenvalue weighted by Gasteiger charge is 2.29. The Kier molecular flexibility index (Phi) is 54.8. The molecule has 0 aliphatic heterocycles. The summed E-state index contributed by atoms with van der Waals surface area (Å²) in [7, 11) is 0. The molecule has 0 aromatic heterocycles. The van der Waals surface area contributed by atoms with Crippen LogP contribution in [0.15, 0.2) is 188 Å². The number of rotatable bonds is 18. The van der Waals surface area contributed by atoms with Crippen molar-refractivity contribution < 1.29 is 33.4 Å². The number of anilines is 2. The summed E-state index contributed by atoms with van der Waals surface area (Å²) < 4.78 is 10.6. The van der Waals surface area contributed by atoms with Gasteiger partial charge < -0.3 is 25.4 Å². The van der Waals surface area contributed by atoms with E-state index in [1.54, 1.807) is 0 Å². The van der Waals surface area contributed by atoms with Gasteiger partial charge in [-0.25, -0.2) is 0 Å². The van der Waals surface area contributed by atoms with Crippen molar-refractivity contribution in [3.63, 3.8) is 0 Å². The summed E-state index contributed by atoms with van der Waals surface area (Å²) in [6.45, 7) is 57.4. The monoisotopic (exact) mass is 1400 g/mol. The van der Waals surface area contributed by atoms with Gasteiger partial charge in [0.25, 0.3) is 0 Å². The first-order chi connectivity index (χ1) is 48.9. The van der Waals surface area contributed by atoms with Gasteiger partial charge in [-0.2, -0.15) is 0 Å². The van der Waals surface area contributed by atoms with Crippen molar-refractivity contribution in [2.24, 2.45) is 28.6 Å². The van der Waals surface area contributed by atoms with E-state index < -0.39 is 5.41 Å². The van der Waals surface area contributed by atoms with E-state index in [1.165, 1.54) is 44.2 Å². The van der Waals surface area contributed by atoms with Crippen LogP contribution in [0.3, 0.4) is 0 Å². The molecule has 5 atom stereocenters. The fourth-order valence-electron chi connectivity index (χ4n) is 9.22. The van der Waals surface area contributed by atoms with E-state index in [0.717, 1.165) is 60.7 Å². The van der Waals surface area contributed by atoms with Crippen LogP contribution >= 0.6 is 0 Å². The van der Waals surface area contributed by atoms with Gasteiger partial charge in [0.05, 0.1) is 17.9 Å². The number of aryl methyl sites for hydroxylation is 2. The molecule has 0 bridgehead atoms. The molecule has 8 aromatic rings. The molecule has 0 radical (unpaired) electrons. The molecule has 9 rings (SSSR count). The normalized spacial score (nSPS) is 12.5. The SMILES string of the molecule is CC.CC.CC.CC.CC.CC.CC1c2cccc3cccc(c23)C1C.CCC(C)(C)C(=O)Nc1ccccc1.CCC(C)(C)C(=O)Oc1ccc2ccccc2c1.CCC(C)C(=O)NCc1cc(C)cc(C)c1.CCC(C)C(=O)Nc1ccccc1.CCC(C)C(=O)OCCc1ccccc1. The van der Waals surface area contributed by atoms with Crippen molar-refractivity contribution >= 4 is 62.6 Å². The van der Waals surface area contributed by atoms with Crippen LogP contribution in [0, 0.1) is 42.4 Å². The van der Waals surface area contributed by atoms with Gasteiger partial charge in [-0.15, -0.1) is 0 Å². The smallest absolute Gasteiger partial charge is 0.316 e. The van der Waals surface area contributed by atoms with Crippen LogP contribution in [0.25, 0.3) is 21.5 Å². The maximum atomic E-state index is 12.0. The van der Waals surface area contributed by atoms with Crippen LogP contribution in [-0.4, -0.2) is 36.3 Å². The number of hydrogen-bond acceptors (Lipinski definition) is 7. The minimum Gasteiger partial charge on any atom is -0.465 e. The zero-order valence-corrected chi connectivity index (χ0v) is 68.8. The quantitative estimate of drug-likeness (QED) is 0.0574. The van der Waals surface area contributed by atoms with Gasteiger partial charge in [-0.1, -0.05) is 329 Å². The molecule has 0 heterocycles. The van der Waals surface area contributed by atoms with Crippen LogP contribution in [0.2, 0.25) is 0 Å². The lowest BCUT2D eigenvalue weighted by atomic mass is 9.89. The Hall–Kier alpha value is -8.37. The van der Waals surface area contributed by atoms with Gasteiger partial charge >= 0.3 is 11.9 Å². The Morgan fingerprint density at radius 3 is 1.29 bits per heavy atom. The Bertz CT molecular complexity index is 3430. The number of nitrogens with one attached hydrogen (secondary N) is 3. The van der Waals surface area contributed by atoms with E-state index in [4.69, 9.17) is 9.47 Å². The Morgan fingerprint density at radius 1 is 0.431 bits per heavy atom. The summed E-state index contributed by atoms with van der Waals surface area (Å²) in [6, 6.07) is 62.5. The highest BCUT2D eigenvalue weighted by molar-refractivity contribution is 5.95. The molecule has 10 heteroatoms. The number of ether oxygens (including phenoxy) is 2. The average Bonchev–Trinajstić information content (AvgIpc) is 1.61. The summed E-state index contributed by atoms with van der Waals surface area (Å²) >= 11 is 0. The molecule has 0 spiro atoms. The highest BCUT2D eigenvalue weighted by Crippen LogP contribution is 2.46. The Labute approximate surface area is 621 Å². The molecule has 1 aliphatic carbocycles. The number of benzene rings is 8. The lowest BCUT2D eigenvalue weighted by Crippen LogP contribution is -2.29. The van der Waals surface area contributed by atoms with E-state index in [2.05, 4.69) is 98.2 Å². The third-order valence-corrected chi connectivity index (χ3v) is 17.0. The number of fused-ring (bicyclic) bond motifs is 1. The van der Waals surface area contributed by atoms with E-state index in [-0.39, 0.29) is 52.8 Å². The van der Waals surface area contributed by atoms with Crippen molar-refractivity contribution in [2.75, 3.05) is 17.2 Å². The van der Waals surface area contributed by atoms with Crippen molar-refractivity contribution in [3.8, 4) is 5.75 Å². The molecule has 3 N–H and O–H groups in total. The third-order valence-electron chi connectivity index (χ3n) is 17.0. The standard InChI is InChI=1S/C16H18O2.C14H21NO.C14H14.C13H18O2.C12H17NO.C11H15NO.6C2H6/c1-4-16(2,3)15(17)18-14-10-9-12-7-5-6-8-13(12)11-14;1-5-12(4)14(16)15-9-13-7-10(2)6-11(3)8-13;1-9-10(2)13-8-4-6-11-5-3-7-12(9)14(11)13;1-3-11(2)13(14)15-10-9-12-7-5-4-6-8-12;1-4-12(2,3)11(14)13-10-8-6-5-7-9-10;1-3-9(2)11(13)12-10-7-5-4-6-8-10;6*1-2/h5-11H,4H2,1-3H3;6-8,12H,5,9H2,1-4H3,(H,15,16);3-10H,1-2H3;4-8,11H,3,9-10H2,1-2H3;5-9H,4H2,1-3H3,(H,13,14);4-9H,3H2,1-2H3,(H,12,13);6*1-2H3. The summed E-state index contributed by atoms with van der Waals surface area (Å²) in [5, 5.41) is 13.8. The number of carbonyl (C=O) groups excluding carboxylic acids is 5. The fraction of sp³-hybridized carbons (Fsp3) is 0.467. The highest BCUT2D eigenvalue weighted by atomic mass is 16.5. The van der Waals surface area contributed by atoms with Crippen molar-refractivity contribution in [1.29, 1.82) is 0 Å². The van der Waals surface area contributed by atoms with Crippen LogP contribution in [0.4, 0.5) is 11.4 Å². The van der Waals surface area contributed by atoms with E-state index >= 15 is 0 Å². The average molecular weight is 1400 g/mol. The van der Waals surface area contributed by atoms with Crippen molar-refractivity contribution in [3.05, 3.63) is 221 Å². The summed E-state index contributed by atoms with van der Waals surface area (Å²) in [4.78, 5) is 58.1. The van der Waals surface area contributed by atoms with Gasteiger partial charge in [-0.3, -0.25) is 24.0 Å². The molecule has 564 valence electrons. The number of amides is 3. The van der Waals surface area contributed by atoms with Gasteiger partial charge in [0.15, 0.2) is 0 Å². The maximum Gasteiger partial charge on any atom is 0.316 e. The lowest BCUT2D eigenvalue weighted by Gasteiger charge is -2.21. The van der Waals surface area contributed by atoms with Crippen molar-refractivity contribution in [1.82, 2.24) is 5.32 Å². The zero-order chi connectivity index (χ0) is 78.4. The van der Waals surface area contributed by atoms with Gasteiger partial charge in [-0.05, 0) is 152 Å². The van der Waals surface area contributed by atoms with E-state index in [1.807, 2.05) is 300 Å². The second kappa shape index (κ2) is 57.2. The molecular formula is C92H139N3O7. The molecule has 5 unspecified atom stereocenters. The fourth-order valence-corrected chi connectivity index (χ4v) is 9.22. The molecule has 0 fully saturated rings. The van der Waals surface area contributed by atoms with E-state index in [0.29, 0.717) is 30.7 Å². The van der Waals surface area contributed by atoms with Gasteiger partial charge in [0.1, 0.15) is 5.75 Å². The maximum absolute atomic E-state index is 12.0. The molecule has 0 saturated carbocycles. The number of hydrogen-bond donors (Lipinski definition) is 3. The molecule has 102 heavy (non-hydrogen) atoms. The van der Waals surface area contributed by atoms with Crippen LogP contribution in [0.5, 0.6) is 5.75 Å². The van der Waals surface area contributed by atoms with Crippen LogP contribution in [-0.2, 0) is 41.7 Å². The predicted octanol–water partition coefficient (Wildman–Crippen LogP) is 25.9. The number of esters is 2. The number of carbonyl (C=O) groups is 5. The van der Waals surface area contributed by atoms with Gasteiger partial charge in [0, 0.05) is 41.6 Å². The second-order valence-corrected chi connectivity index (χ2v) is 25.0. The molecule has 3 amide bonds. The van der Waals surface area contributed by atoms with Crippen molar-refractivity contribution in [2.45, 2.75) is 251 Å². The largest absolute Gasteiger partial charge is 0.465 e. The van der Waals surface area contributed by atoms with Crippen LogP contribution in [0.1, 0.15) is 257 Å². The van der Waals surface area contributed by atoms with Gasteiger partial charge in [0.2, 0.25) is 17.7 Å². The summed E-state index contributed by atoms with van der Waals surface area (Å²) in [5.74, 6) is 2.20. The first kappa shape index (κ1) is 97.8. The third kappa shape index (κ3) is 37.0. The number of para-hydroxylation sites is 2. The van der Waals surface area contributed by atoms with Crippen LogP contribution < -0.4 is 20.7 Å². The molecular weight excluding hydrogens is 1260 g/mol. The molecule has 1 aliphatic rings. The first-order valence-electron chi connectivity index (χ1n) is 38.4. The topological polar surface area (TPSA) is 140 Å². The summed E-state index contributed by atoms with van der Waals surface area (Å²) in [5.41, 5.74) is 8.92. The molecule has 0 saturated heterocycles. The Balaban J connectivity index is -0.00000112. The van der Waals surface area contributed by atoms with E-state index in [9.17, 15) is 24.0 Å². The summed E-state index contributed by atoms with van der Waals surface area (Å²) in [6.07, 6.45) is 5.00. The first-order valence-corrected chi connectivity index (χ1v) is 38.4. The minimum atomic E-state index is -0.439.